The van der Waals surface area contributed by atoms with E-state index in [0.29, 0.717) is 25.5 Å². The molecule has 1 aliphatic carbocycles. The number of rotatable bonds is 8. The van der Waals surface area contributed by atoms with Gasteiger partial charge < -0.3 is 15.8 Å². The summed E-state index contributed by atoms with van der Waals surface area (Å²) in [4.78, 5) is 11.6. The predicted octanol–water partition coefficient (Wildman–Crippen LogP) is 2.43. The minimum atomic E-state index is 0. The zero-order valence-corrected chi connectivity index (χ0v) is 13.3. The van der Waals surface area contributed by atoms with Crippen molar-refractivity contribution in [3.63, 3.8) is 0 Å². The van der Waals surface area contributed by atoms with E-state index in [4.69, 9.17) is 10.5 Å². The standard InChI is InChI=1S/C16H24N2O2.ClH/c1-12-5-2-3-6-15(12)20-10-4-7-16(19)18-11-14(17)13-8-9-13;/h2-3,5-6,13-14H,4,7-11,17H2,1H3,(H,18,19);1H. The van der Waals surface area contributed by atoms with Crippen LogP contribution in [0.3, 0.4) is 0 Å². The molecule has 1 atom stereocenters. The molecule has 118 valence electrons. The number of hydrogen-bond donors (Lipinski definition) is 2. The molecule has 1 fully saturated rings. The van der Waals surface area contributed by atoms with E-state index in [0.717, 1.165) is 17.7 Å². The Kier molecular flexibility index (Phi) is 7.54. The zero-order chi connectivity index (χ0) is 14.4. The molecule has 1 aromatic carbocycles. The van der Waals surface area contributed by atoms with Gasteiger partial charge in [-0.25, -0.2) is 0 Å². The monoisotopic (exact) mass is 312 g/mol. The topological polar surface area (TPSA) is 64.3 Å². The molecule has 2 rings (SSSR count). The third kappa shape index (κ3) is 6.36. The molecule has 4 nitrogen and oxygen atoms in total. The summed E-state index contributed by atoms with van der Waals surface area (Å²) in [5.41, 5.74) is 7.05. The summed E-state index contributed by atoms with van der Waals surface area (Å²) in [6, 6.07) is 8.03. The number of halogens is 1. The van der Waals surface area contributed by atoms with Gasteiger partial charge in [-0.2, -0.15) is 0 Å². The number of carbonyl (C=O) groups is 1. The molecule has 1 aliphatic rings. The van der Waals surface area contributed by atoms with Crippen LogP contribution >= 0.6 is 12.4 Å². The lowest BCUT2D eigenvalue weighted by Crippen LogP contribution is -2.38. The number of hydrogen-bond acceptors (Lipinski definition) is 3. The number of benzene rings is 1. The Labute approximate surface area is 132 Å². The second-order valence-corrected chi connectivity index (χ2v) is 5.52. The molecule has 0 bridgehead atoms. The third-order valence-corrected chi connectivity index (χ3v) is 3.66. The van der Waals surface area contributed by atoms with Crippen LogP contribution in [0.15, 0.2) is 24.3 Å². The van der Waals surface area contributed by atoms with Crippen molar-refractivity contribution in [2.24, 2.45) is 11.7 Å². The van der Waals surface area contributed by atoms with Crippen molar-refractivity contribution in [3.05, 3.63) is 29.8 Å². The average molecular weight is 313 g/mol. The Morgan fingerprint density at radius 2 is 2.14 bits per heavy atom. The van der Waals surface area contributed by atoms with Crippen LogP contribution in [0.2, 0.25) is 0 Å². The van der Waals surface area contributed by atoms with Crippen molar-refractivity contribution >= 4 is 18.3 Å². The molecule has 3 N–H and O–H groups in total. The Morgan fingerprint density at radius 1 is 1.43 bits per heavy atom. The molecule has 1 unspecified atom stereocenters. The lowest BCUT2D eigenvalue weighted by atomic mass is 10.2. The van der Waals surface area contributed by atoms with Gasteiger partial charge in [0.15, 0.2) is 0 Å². The normalized spacial score (nSPS) is 15.0. The van der Waals surface area contributed by atoms with Gasteiger partial charge in [0.25, 0.3) is 0 Å². The number of ether oxygens (including phenoxy) is 1. The average Bonchev–Trinajstić information content (AvgIpc) is 3.27. The van der Waals surface area contributed by atoms with Gasteiger partial charge >= 0.3 is 0 Å². The van der Waals surface area contributed by atoms with Crippen molar-refractivity contribution in [2.75, 3.05) is 13.2 Å². The fourth-order valence-corrected chi connectivity index (χ4v) is 2.14. The fraction of sp³-hybridized carbons (Fsp3) is 0.562. The molecular formula is C16H25ClN2O2. The molecule has 0 saturated heterocycles. The molecule has 0 spiro atoms. The van der Waals surface area contributed by atoms with Crippen molar-refractivity contribution in [1.29, 1.82) is 0 Å². The van der Waals surface area contributed by atoms with Gasteiger partial charge in [-0.1, -0.05) is 18.2 Å². The van der Waals surface area contributed by atoms with E-state index in [-0.39, 0.29) is 24.4 Å². The van der Waals surface area contributed by atoms with Crippen molar-refractivity contribution in [1.82, 2.24) is 5.32 Å². The highest BCUT2D eigenvalue weighted by molar-refractivity contribution is 5.85. The number of amides is 1. The highest BCUT2D eigenvalue weighted by atomic mass is 35.5. The Morgan fingerprint density at radius 3 is 2.81 bits per heavy atom. The second kappa shape index (κ2) is 8.90. The summed E-state index contributed by atoms with van der Waals surface area (Å²) in [6.07, 6.45) is 3.63. The van der Waals surface area contributed by atoms with Gasteiger partial charge in [-0.15, -0.1) is 12.4 Å². The molecule has 0 aliphatic heterocycles. The molecular weight excluding hydrogens is 288 g/mol. The van der Waals surface area contributed by atoms with E-state index < -0.39 is 0 Å². The van der Waals surface area contributed by atoms with Gasteiger partial charge in [-0.05, 0) is 43.7 Å². The van der Waals surface area contributed by atoms with E-state index >= 15 is 0 Å². The molecule has 0 radical (unpaired) electrons. The lowest BCUT2D eigenvalue weighted by Gasteiger charge is -2.12. The summed E-state index contributed by atoms with van der Waals surface area (Å²) < 4.78 is 5.66. The number of nitrogens with one attached hydrogen (secondary N) is 1. The maximum Gasteiger partial charge on any atom is 0.220 e. The van der Waals surface area contributed by atoms with Crippen LogP contribution in [-0.4, -0.2) is 25.1 Å². The third-order valence-electron chi connectivity index (χ3n) is 3.66. The second-order valence-electron chi connectivity index (χ2n) is 5.52. The minimum absolute atomic E-state index is 0. The number of aryl methyl sites for hydroxylation is 1. The Balaban J connectivity index is 0.00000220. The van der Waals surface area contributed by atoms with E-state index in [1.807, 2.05) is 31.2 Å². The maximum atomic E-state index is 11.6. The van der Waals surface area contributed by atoms with Crippen LogP contribution in [0, 0.1) is 12.8 Å². The Hall–Kier alpha value is -1.26. The van der Waals surface area contributed by atoms with Gasteiger partial charge in [0.05, 0.1) is 6.61 Å². The first-order valence-corrected chi connectivity index (χ1v) is 7.37. The Bertz CT molecular complexity index is 450. The number of nitrogens with two attached hydrogens (primary N) is 1. The van der Waals surface area contributed by atoms with Gasteiger partial charge in [0, 0.05) is 19.0 Å². The lowest BCUT2D eigenvalue weighted by molar-refractivity contribution is -0.121. The minimum Gasteiger partial charge on any atom is -0.493 e. The van der Waals surface area contributed by atoms with Crippen LogP contribution in [0.5, 0.6) is 5.75 Å². The van der Waals surface area contributed by atoms with Crippen LogP contribution in [0.4, 0.5) is 0 Å². The summed E-state index contributed by atoms with van der Waals surface area (Å²) in [5, 5.41) is 2.89. The van der Waals surface area contributed by atoms with E-state index in [9.17, 15) is 4.79 Å². The van der Waals surface area contributed by atoms with Gasteiger partial charge in [0.1, 0.15) is 5.75 Å². The summed E-state index contributed by atoms with van der Waals surface area (Å²) in [7, 11) is 0. The first-order chi connectivity index (χ1) is 9.66. The summed E-state index contributed by atoms with van der Waals surface area (Å²) >= 11 is 0. The molecule has 1 amide bonds. The quantitative estimate of drug-likeness (QED) is 0.725. The van der Waals surface area contributed by atoms with Crippen LogP contribution in [0.25, 0.3) is 0 Å². The van der Waals surface area contributed by atoms with E-state index in [2.05, 4.69) is 5.32 Å². The molecule has 1 saturated carbocycles. The molecule has 1 aromatic rings. The molecule has 5 heteroatoms. The first kappa shape index (κ1) is 17.8. The smallest absolute Gasteiger partial charge is 0.220 e. The van der Waals surface area contributed by atoms with Crippen molar-refractivity contribution in [3.8, 4) is 5.75 Å². The van der Waals surface area contributed by atoms with Crippen molar-refractivity contribution in [2.45, 2.75) is 38.6 Å². The molecule has 0 aromatic heterocycles. The van der Waals surface area contributed by atoms with Gasteiger partial charge in [-0.3, -0.25) is 4.79 Å². The number of carbonyl (C=O) groups excluding carboxylic acids is 1. The van der Waals surface area contributed by atoms with Crippen LogP contribution in [0.1, 0.15) is 31.2 Å². The first-order valence-electron chi connectivity index (χ1n) is 7.37. The van der Waals surface area contributed by atoms with Crippen molar-refractivity contribution < 1.29 is 9.53 Å². The maximum absolute atomic E-state index is 11.6. The number of para-hydroxylation sites is 1. The van der Waals surface area contributed by atoms with Crippen LogP contribution in [-0.2, 0) is 4.79 Å². The summed E-state index contributed by atoms with van der Waals surface area (Å²) in [6.45, 7) is 3.18. The SMILES string of the molecule is Cc1ccccc1OCCCC(=O)NCC(N)C1CC1.Cl. The highest BCUT2D eigenvalue weighted by Crippen LogP contribution is 2.31. The molecule has 21 heavy (non-hydrogen) atoms. The largest absolute Gasteiger partial charge is 0.493 e. The molecule has 0 heterocycles. The fourth-order valence-electron chi connectivity index (χ4n) is 2.14. The zero-order valence-electron chi connectivity index (χ0n) is 12.5. The van der Waals surface area contributed by atoms with E-state index in [1.54, 1.807) is 0 Å². The highest BCUT2D eigenvalue weighted by Gasteiger charge is 2.28. The summed E-state index contributed by atoms with van der Waals surface area (Å²) in [5.74, 6) is 1.58. The van der Waals surface area contributed by atoms with Crippen LogP contribution < -0.4 is 15.8 Å². The van der Waals surface area contributed by atoms with E-state index in [1.165, 1.54) is 12.8 Å². The van der Waals surface area contributed by atoms with Gasteiger partial charge in [0.2, 0.25) is 5.91 Å². The predicted molar refractivity (Wildman–Crippen MR) is 86.9 cm³/mol.